The number of rotatable bonds is 8. The predicted molar refractivity (Wildman–Crippen MR) is 140 cm³/mol. The van der Waals surface area contributed by atoms with Crippen LogP contribution in [0.2, 0.25) is 0 Å². The highest BCUT2D eigenvalue weighted by atomic mass is 16.5. The number of anilines is 1. The van der Waals surface area contributed by atoms with Gasteiger partial charge >= 0.3 is 0 Å². The molecule has 5 nitrogen and oxygen atoms in total. The molecule has 0 aliphatic heterocycles. The summed E-state index contributed by atoms with van der Waals surface area (Å²) in [5, 5.41) is 6.08. The molecular weight excluding hydrogens is 432 g/mol. The van der Waals surface area contributed by atoms with Crippen molar-refractivity contribution in [1.82, 2.24) is 15.0 Å². The van der Waals surface area contributed by atoms with E-state index in [0.717, 1.165) is 47.8 Å². The standard InChI is InChI=1S/C30H26N4O/c1-2-9-27-21(5-1)6-3-7-24(27)20-35-26-14-12-25(13-15-26)33-28(22-10-11-22)17-30-32-19-29(34-30)23-8-4-16-31-18-23/h1-9,12-16,18-19,33H,10-11,17,20H2,(H,32,34). The van der Waals surface area contributed by atoms with Gasteiger partial charge in [-0.2, -0.15) is 0 Å². The summed E-state index contributed by atoms with van der Waals surface area (Å²) in [6, 6.07) is 26.9. The van der Waals surface area contributed by atoms with E-state index in [0.29, 0.717) is 6.61 Å². The normalized spacial score (nSPS) is 12.5. The van der Waals surface area contributed by atoms with Gasteiger partial charge in [0.05, 0.1) is 11.9 Å². The zero-order valence-electron chi connectivity index (χ0n) is 19.4. The Labute approximate surface area is 204 Å². The van der Waals surface area contributed by atoms with E-state index in [2.05, 4.69) is 74.9 Å². The van der Waals surface area contributed by atoms with Crippen molar-refractivity contribution in [3.63, 3.8) is 0 Å². The number of benzene rings is 3. The smallest absolute Gasteiger partial charge is 0.119 e. The van der Waals surface area contributed by atoms with Gasteiger partial charge in [0.1, 0.15) is 18.2 Å². The largest absolute Gasteiger partial charge is 0.489 e. The fourth-order valence-electron chi connectivity index (χ4n) is 4.30. The molecule has 0 radical (unpaired) electrons. The highest BCUT2D eigenvalue weighted by molar-refractivity contribution is 5.85. The quantitative estimate of drug-likeness (QED) is 0.265. The minimum Gasteiger partial charge on any atom is -0.489 e. The number of pyridine rings is 1. The summed E-state index contributed by atoms with van der Waals surface area (Å²) in [6.07, 6.45) is 8.54. The van der Waals surface area contributed by atoms with E-state index in [4.69, 9.17) is 4.74 Å². The molecule has 5 heteroatoms. The molecule has 172 valence electrons. The Balaban J connectivity index is 1.11. The van der Waals surface area contributed by atoms with Crippen LogP contribution in [-0.4, -0.2) is 15.0 Å². The number of H-pyrrole nitrogens is 1. The van der Waals surface area contributed by atoms with Gasteiger partial charge in [0.2, 0.25) is 0 Å². The molecule has 1 saturated carbocycles. The van der Waals surface area contributed by atoms with Gasteiger partial charge in [0.25, 0.3) is 0 Å². The fraction of sp³-hybridized carbons (Fsp3) is 0.133. The Hall–Kier alpha value is -4.38. The summed E-state index contributed by atoms with van der Waals surface area (Å²) in [7, 11) is 0. The molecule has 1 aliphatic rings. The summed E-state index contributed by atoms with van der Waals surface area (Å²) in [4.78, 5) is 12.2. The maximum absolute atomic E-state index is 6.10. The minimum absolute atomic E-state index is 0.543. The van der Waals surface area contributed by atoms with Gasteiger partial charge in [0, 0.05) is 35.8 Å². The first kappa shape index (κ1) is 21.2. The third-order valence-corrected chi connectivity index (χ3v) is 6.30. The highest BCUT2D eigenvalue weighted by Gasteiger charge is 2.19. The Kier molecular flexibility index (Phi) is 5.73. The second-order valence-electron chi connectivity index (χ2n) is 8.82. The zero-order valence-corrected chi connectivity index (χ0v) is 19.4. The summed E-state index contributed by atoms with van der Waals surface area (Å²) in [5.74, 6) is 1.80. The molecule has 0 amide bonds. The van der Waals surface area contributed by atoms with Crippen molar-refractivity contribution in [3.8, 4) is 17.0 Å². The van der Waals surface area contributed by atoms with Crippen LogP contribution in [0.4, 0.5) is 5.69 Å². The van der Waals surface area contributed by atoms with Crippen LogP contribution in [0.5, 0.6) is 5.75 Å². The van der Waals surface area contributed by atoms with Gasteiger partial charge in [-0.15, -0.1) is 0 Å². The lowest BCUT2D eigenvalue weighted by Gasteiger charge is -2.12. The molecule has 6 rings (SSSR count). The van der Waals surface area contributed by atoms with E-state index >= 15 is 0 Å². The first-order chi connectivity index (χ1) is 17.3. The lowest BCUT2D eigenvalue weighted by atomic mass is 10.1. The van der Waals surface area contributed by atoms with Crippen molar-refractivity contribution in [2.24, 2.45) is 0 Å². The van der Waals surface area contributed by atoms with Crippen LogP contribution in [0, 0.1) is 0 Å². The van der Waals surface area contributed by atoms with Gasteiger partial charge in [0.15, 0.2) is 0 Å². The fourth-order valence-corrected chi connectivity index (χ4v) is 4.30. The molecule has 2 heterocycles. The molecule has 35 heavy (non-hydrogen) atoms. The molecule has 2 aromatic heterocycles. The third kappa shape index (κ3) is 4.94. The van der Waals surface area contributed by atoms with E-state index in [1.165, 1.54) is 27.6 Å². The predicted octanol–water partition coefficient (Wildman–Crippen LogP) is 6.91. The van der Waals surface area contributed by atoms with Gasteiger partial charge in [-0.3, -0.25) is 4.98 Å². The number of aromatic nitrogens is 3. The topological polar surface area (TPSA) is 62.8 Å². The SMILES string of the molecule is c1cncc(-c2cnc(CC(Nc3ccc(OCc4cccc5ccccc45)cc3)=C3CC3)[nH]2)c1. The Bertz CT molecular complexity index is 1470. The molecule has 1 aliphatic carbocycles. The summed E-state index contributed by atoms with van der Waals surface area (Å²) >= 11 is 0. The number of nitrogens with zero attached hydrogens (tertiary/aromatic N) is 2. The van der Waals surface area contributed by atoms with Gasteiger partial charge in [-0.1, -0.05) is 42.5 Å². The number of ether oxygens (including phenoxy) is 1. The van der Waals surface area contributed by atoms with Crippen LogP contribution >= 0.6 is 0 Å². The van der Waals surface area contributed by atoms with Gasteiger partial charge in [-0.25, -0.2) is 4.98 Å². The van der Waals surface area contributed by atoms with Crippen molar-refractivity contribution >= 4 is 16.5 Å². The second-order valence-corrected chi connectivity index (χ2v) is 8.82. The van der Waals surface area contributed by atoms with Gasteiger partial charge in [-0.05, 0) is 71.1 Å². The lowest BCUT2D eigenvalue weighted by Crippen LogP contribution is -2.05. The average Bonchev–Trinajstić information content (AvgIpc) is 3.66. The Morgan fingerprint density at radius 2 is 1.74 bits per heavy atom. The molecular formula is C30H26N4O. The van der Waals surface area contributed by atoms with E-state index in [1.807, 2.05) is 36.7 Å². The first-order valence-electron chi connectivity index (χ1n) is 11.9. The number of imidazole rings is 1. The van der Waals surface area contributed by atoms with Crippen molar-refractivity contribution in [3.05, 3.63) is 120 Å². The van der Waals surface area contributed by atoms with Crippen LogP contribution in [-0.2, 0) is 13.0 Å². The number of hydrogen-bond donors (Lipinski definition) is 2. The van der Waals surface area contributed by atoms with Crippen LogP contribution in [0.1, 0.15) is 24.2 Å². The zero-order chi connectivity index (χ0) is 23.5. The van der Waals surface area contributed by atoms with E-state index < -0.39 is 0 Å². The number of allylic oxidation sites excluding steroid dienone is 2. The second kappa shape index (κ2) is 9.47. The number of aromatic amines is 1. The molecule has 0 saturated heterocycles. The maximum atomic E-state index is 6.10. The number of fused-ring (bicyclic) bond motifs is 1. The first-order valence-corrected chi connectivity index (χ1v) is 11.9. The van der Waals surface area contributed by atoms with Crippen molar-refractivity contribution < 1.29 is 4.74 Å². The molecule has 0 spiro atoms. The summed E-state index contributed by atoms with van der Waals surface area (Å²) in [5.41, 5.74) is 6.95. The average molecular weight is 459 g/mol. The molecule has 1 fully saturated rings. The maximum Gasteiger partial charge on any atom is 0.119 e. The van der Waals surface area contributed by atoms with Crippen LogP contribution in [0.25, 0.3) is 22.0 Å². The molecule has 2 N–H and O–H groups in total. The minimum atomic E-state index is 0.543. The number of hydrogen-bond acceptors (Lipinski definition) is 4. The Morgan fingerprint density at radius 3 is 2.57 bits per heavy atom. The third-order valence-electron chi connectivity index (χ3n) is 6.30. The van der Waals surface area contributed by atoms with Crippen LogP contribution < -0.4 is 10.1 Å². The lowest BCUT2D eigenvalue weighted by molar-refractivity contribution is 0.308. The van der Waals surface area contributed by atoms with E-state index in [1.54, 1.807) is 6.20 Å². The monoisotopic (exact) mass is 458 g/mol. The van der Waals surface area contributed by atoms with Crippen molar-refractivity contribution in [1.29, 1.82) is 0 Å². The van der Waals surface area contributed by atoms with E-state index in [-0.39, 0.29) is 0 Å². The van der Waals surface area contributed by atoms with Crippen molar-refractivity contribution in [2.45, 2.75) is 25.9 Å². The molecule has 3 aromatic carbocycles. The molecule has 0 unspecified atom stereocenters. The molecule has 5 aromatic rings. The summed E-state index contributed by atoms with van der Waals surface area (Å²) in [6.45, 7) is 0.543. The van der Waals surface area contributed by atoms with Crippen LogP contribution in [0.3, 0.4) is 0 Å². The van der Waals surface area contributed by atoms with Crippen molar-refractivity contribution in [2.75, 3.05) is 5.32 Å². The summed E-state index contributed by atoms with van der Waals surface area (Å²) < 4.78 is 6.10. The van der Waals surface area contributed by atoms with Crippen LogP contribution in [0.15, 0.2) is 109 Å². The molecule has 0 bridgehead atoms. The molecule has 0 atom stereocenters. The number of nitrogens with one attached hydrogen (secondary N) is 2. The highest BCUT2D eigenvalue weighted by Crippen LogP contribution is 2.34. The van der Waals surface area contributed by atoms with Gasteiger partial charge < -0.3 is 15.0 Å². The van der Waals surface area contributed by atoms with E-state index in [9.17, 15) is 0 Å². The Morgan fingerprint density at radius 1 is 0.886 bits per heavy atom.